The van der Waals surface area contributed by atoms with E-state index in [2.05, 4.69) is 9.12 Å². The fourth-order valence-corrected chi connectivity index (χ4v) is 3.03. The molecule has 1 aromatic carbocycles. The van der Waals surface area contributed by atoms with Gasteiger partial charge in [0.1, 0.15) is 5.75 Å². The molecule has 0 aliphatic carbocycles. The van der Waals surface area contributed by atoms with Crippen molar-refractivity contribution in [1.82, 2.24) is 0 Å². The number of benzene rings is 1. The van der Waals surface area contributed by atoms with Crippen molar-refractivity contribution in [3.63, 3.8) is 0 Å². The average Bonchev–Trinajstić information content (AvgIpc) is 2.43. The number of rotatable bonds is 6. The molecular formula is C14H19F2N3O3S. The summed E-state index contributed by atoms with van der Waals surface area (Å²) < 4.78 is 60.9. The van der Waals surface area contributed by atoms with Gasteiger partial charge in [0.15, 0.2) is 5.84 Å². The van der Waals surface area contributed by atoms with E-state index in [9.17, 15) is 17.2 Å². The predicted molar refractivity (Wildman–Crippen MR) is 84.3 cm³/mol. The SMILES string of the molecule is CCC(F)(F)CCC(C)Oc1cccc2c1C(N)=NS(=O)(=O)N2. The van der Waals surface area contributed by atoms with Gasteiger partial charge >= 0.3 is 10.2 Å². The van der Waals surface area contributed by atoms with E-state index in [1.165, 1.54) is 13.0 Å². The minimum absolute atomic E-state index is 0.160. The van der Waals surface area contributed by atoms with E-state index in [4.69, 9.17) is 10.5 Å². The first kappa shape index (κ1) is 17.5. The van der Waals surface area contributed by atoms with E-state index >= 15 is 0 Å². The fraction of sp³-hybridized carbons (Fsp3) is 0.500. The molecule has 1 aromatic rings. The summed E-state index contributed by atoms with van der Waals surface area (Å²) in [5.41, 5.74) is 6.26. The summed E-state index contributed by atoms with van der Waals surface area (Å²) in [6.07, 6.45) is -0.823. The van der Waals surface area contributed by atoms with Crippen molar-refractivity contribution >= 4 is 21.7 Å². The minimum Gasteiger partial charge on any atom is -0.490 e. The highest BCUT2D eigenvalue weighted by Crippen LogP contribution is 2.32. The van der Waals surface area contributed by atoms with E-state index in [0.717, 1.165) is 0 Å². The highest BCUT2D eigenvalue weighted by atomic mass is 32.2. The van der Waals surface area contributed by atoms with Gasteiger partial charge in [0, 0.05) is 12.8 Å². The summed E-state index contributed by atoms with van der Waals surface area (Å²) in [5, 5.41) is 0. The molecule has 2 rings (SSSR count). The zero-order chi connectivity index (χ0) is 17.3. The first-order chi connectivity index (χ1) is 10.6. The van der Waals surface area contributed by atoms with Gasteiger partial charge in [0.2, 0.25) is 5.92 Å². The van der Waals surface area contributed by atoms with Gasteiger partial charge in [-0.25, -0.2) is 8.78 Å². The number of fused-ring (bicyclic) bond motifs is 1. The zero-order valence-electron chi connectivity index (χ0n) is 12.8. The monoisotopic (exact) mass is 347 g/mol. The van der Waals surface area contributed by atoms with Gasteiger partial charge in [-0.2, -0.15) is 8.42 Å². The number of nitrogens with two attached hydrogens (primary N) is 1. The molecular weight excluding hydrogens is 328 g/mol. The molecule has 0 amide bonds. The average molecular weight is 347 g/mol. The van der Waals surface area contributed by atoms with Crippen LogP contribution in [-0.4, -0.2) is 26.3 Å². The fourth-order valence-electron chi connectivity index (χ4n) is 2.18. The molecule has 0 aromatic heterocycles. The number of nitrogens with zero attached hydrogens (tertiary/aromatic N) is 1. The van der Waals surface area contributed by atoms with Crippen LogP contribution in [0, 0.1) is 0 Å². The highest BCUT2D eigenvalue weighted by Gasteiger charge is 2.28. The number of hydrogen-bond acceptors (Lipinski definition) is 4. The number of nitrogens with one attached hydrogen (secondary N) is 1. The van der Waals surface area contributed by atoms with Crippen LogP contribution in [0.4, 0.5) is 14.5 Å². The van der Waals surface area contributed by atoms with Gasteiger partial charge < -0.3 is 10.5 Å². The normalized spacial score (nSPS) is 17.7. The lowest BCUT2D eigenvalue weighted by Gasteiger charge is -2.22. The number of halogens is 2. The number of ether oxygens (including phenoxy) is 1. The maximum Gasteiger partial charge on any atom is 0.344 e. The maximum absolute atomic E-state index is 13.3. The standard InChI is InChI=1S/C14H19F2N3O3S/c1-3-14(15,16)8-7-9(2)22-11-6-4-5-10-12(11)13(17)19-23(20,21)18-10/h4-6,9,18H,3,7-8H2,1-2H3,(H2,17,19). The van der Waals surface area contributed by atoms with Crippen LogP contribution in [-0.2, 0) is 10.2 Å². The molecule has 1 aliphatic rings. The van der Waals surface area contributed by atoms with Crippen molar-refractivity contribution in [2.75, 3.05) is 4.72 Å². The highest BCUT2D eigenvalue weighted by molar-refractivity contribution is 7.91. The van der Waals surface area contributed by atoms with Gasteiger partial charge in [-0.05, 0) is 25.5 Å². The smallest absolute Gasteiger partial charge is 0.344 e. The molecule has 6 nitrogen and oxygen atoms in total. The molecule has 128 valence electrons. The summed E-state index contributed by atoms with van der Waals surface area (Å²) in [7, 11) is -3.87. The van der Waals surface area contributed by atoms with Gasteiger partial charge in [0.25, 0.3) is 0 Å². The Kier molecular flexibility index (Phi) is 4.79. The van der Waals surface area contributed by atoms with Crippen LogP contribution in [0.15, 0.2) is 22.6 Å². The first-order valence-corrected chi connectivity index (χ1v) is 8.63. The van der Waals surface area contributed by atoms with Gasteiger partial charge in [-0.1, -0.05) is 13.0 Å². The molecule has 1 aliphatic heterocycles. The van der Waals surface area contributed by atoms with Crippen LogP contribution < -0.4 is 15.2 Å². The summed E-state index contributed by atoms with van der Waals surface area (Å²) in [6.45, 7) is 3.10. The Labute approximate surface area is 133 Å². The summed E-state index contributed by atoms with van der Waals surface area (Å²) in [4.78, 5) is 0. The van der Waals surface area contributed by atoms with Crippen molar-refractivity contribution in [3.8, 4) is 5.75 Å². The second-order valence-corrected chi connectivity index (χ2v) is 6.75. The van der Waals surface area contributed by atoms with Gasteiger partial charge in [0.05, 0.1) is 17.4 Å². The van der Waals surface area contributed by atoms with Crippen LogP contribution in [0.3, 0.4) is 0 Å². The Bertz CT molecular complexity index is 720. The van der Waals surface area contributed by atoms with E-state index < -0.39 is 22.2 Å². The first-order valence-electron chi connectivity index (χ1n) is 7.19. The molecule has 1 atom stereocenters. The Morgan fingerprint density at radius 3 is 2.78 bits per heavy atom. The van der Waals surface area contributed by atoms with Crippen LogP contribution in [0.1, 0.15) is 38.7 Å². The second kappa shape index (κ2) is 6.31. The molecule has 0 radical (unpaired) electrons. The van der Waals surface area contributed by atoms with Crippen LogP contribution in [0.25, 0.3) is 0 Å². The Morgan fingerprint density at radius 1 is 1.43 bits per heavy atom. The Balaban J connectivity index is 2.17. The van der Waals surface area contributed by atoms with Crippen molar-refractivity contribution < 1.29 is 21.9 Å². The lowest BCUT2D eigenvalue weighted by atomic mass is 10.1. The minimum atomic E-state index is -3.87. The molecule has 1 heterocycles. The van der Waals surface area contributed by atoms with Crippen LogP contribution >= 0.6 is 0 Å². The summed E-state index contributed by atoms with van der Waals surface area (Å²) in [5.74, 6) is -2.61. The number of amidine groups is 1. The van der Waals surface area contributed by atoms with Gasteiger partial charge in [-0.15, -0.1) is 4.40 Å². The van der Waals surface area contributed by atoms with Gasteiger partial charge in [-0.3, -0.25) is 4.72 Å². The van der Waals surface area contributed by atoms with Crippen molar-refractivity contribution in [2.45, 2.75) is 45.1 Å². The quantitative estimate of drug-likeness (QED) is 0.827. The molecule has 0 saturated heterocycles. The third kappa shape index (κ3) is 4.31. The molecule has 23 heavy (non-hydrogen) atoms. The van der Waals surface area contributed by atoms with Crippen LogP contribution in [0.5, 0.6) is 5.75 Å². The molecule has 0 saturated carbocycles. The van der Waals surface area contributed by atoms with Crippen molar-refractivity contribution in [1.29, 1.82) is 0 Å². The second-order valence-electron chi connectivity index (χ2n) is 5.41. The van der Waals surface area contributed by atoms with E-state index in [0.29, 0.717) is 11.3 Å². The summed E-state index contributed by atoms with van der Waals surface area (Å²) in [6, 6.07) is 4.70. The largest absolute Gasteiger partial charge is 0.490 e. The van der Waals surface area contributed by atoms with Crippen LogP contribution in [0.2, 0.25) is 0 Å². The Hall–Kier alpha value is -1.90. The van der Waals surface area contributed by atoms with E-state index in [-0.39, 0.29) is 30.8 Å². The maximum atomic E-state index is 13.3. The predicted octanol–water partition coefficient (Wildman–Crippen LogP) is 2.66. The Morgan fingerprint density at radius 2 is 2.13 bits per heavy atom. The summed E-state index contributed by atoms with van der Waals surface area (Å²) >= 11 is 0. The van der Waals surface area contributed by atoms with Crippen molar-refractivity contribution in [3.05, 3.63) is 23.8 Å². The third-order valence-electron chi connectivity index (χ3n) is 3.50. The number of anilines is 1. The molecule has 0 bridgehead atoms. The molecule has 1 unspecified atom stereocenters. The lowest BCUT2D eigenvalue weighted by Crippen LogP contribution is -2.28. The molecule has 3 N–H and O–H groups in total. The molecule has 9 heteroatoms. The molecule has 0 spiro atoms. The van der Waals surface area contributed by atoms with E-state index in [1.807, 2.05) is 0 Å². The van der Waals surface area contributed by atoms with Crippen molar-refractivity contribution in [2.24, 2.45) is 10.1 Å². The third-order valence-corrected chi connectivity index (χ3v) is 4.42. The zero-order valence-corrected chi connectivity index (χ0v) is 13.7. The van der Waals surface area contributed by atoms with E-state index in [1.54, 1.807) is 19.1 Å². The number of hydrogen-bond donors (Lipinski definition) is 2. The number of alkyl halides is 2. The molecule has 0 fully saturated rings. The topological polar surface area (TPSA) is 93.8 Å². The lowest BCUT2D eigenvalue weighted by molar-refractivity contribution is -0.0206.